The van der Waals surface area contributed by atoms with Gasteiger partial charge >= 0.3 is 18.0 Å². The molecule has 0 fully saturated rings. The molecule has 9 heteroatoms. The van der Waals surface area contributed by atoms with E-state index in [4.69, 9.17) is 13.9 Å². The molecule has 1 aliphatic heterocycles. The summed E-state index contributed by atoms with van der Waals surface area (Å²) >= 11 is 1.37. The van der Waals surface area contributed by atoms with Gasteiger partial charge in [0.15, 0.2) is 0 Å². The van der Waals surface area contributed by atoms with Crippen LogP contribution < -0.4 is 10.6 Å². The van der Waals surface area contributed by atoms with Gasteiger partial charge in [0.2, 0.25) is 0 Å². The fourth-order valence-corrected chi connectivity index (χ4v) is 4.16. The number of carbonyl (C=O) groups is 3. The number of hydrogen-bond donors (Lipinski definition) is 2. The minimum absolute atomic E-state index is 0.133. The van der Waals surface area contributed by atoms with E-state index in [0.717, 1.165) is 23.3 Å². The lowest BCUT2D eigenvalue weighted by Crippen LogP contribution is -2.47. The van der Waals surface area contributed by atoms with E-state index >= 15 is 0 Å². The number of furan rings is 1. The van der Waals surface area contributed by atoms with Gasteiger partial charge in [0.1, 0.15) is 23.3 Å². The van der Waals surface area contributed by atoms with E-state index in [1.165, 1.54) is 17.6 Å². The van der Waals surface area contributed by atoms with Gasteiger partial charge in [-0.1, -0.05) is 13.3 Å². The topological polar surface area (TPSA) is 107 Å². The Bertz CT molecular complexity index is 960. The highest BCUT2D eigenvalue weighted by molar-refractivity contribution is 7.14. The summed E-state index contributed by atoms with van der Waals surface area (Å²) < 4.78 is 15.9. The fraction of sp³-hybridized carbons (Fsp3) is 0.381. The zero-order chi connectivity index (χ0) is 21.7. The summed E-state index contributed by atoms with van der Waals surface area (Å²) in [5.74, 6) is -0.770. The number of ether oxygens (including phenoxy) is 2. The number of aryl methyl sites for hydroxylation is 2. The second-order valence-electron chi connectivity index (χ2n) is 6.68. The number of amides is 2. The summed E-state index contributed by atoms with van der Waals surface area (Å²) in [5.41, 5.74) is 1.41. The molecule has 0 saturated carbocycles. The van der Waals surface area contributed by atoms with Gasteiger partial charge in [0, 0.05) is 4.88 Å². The number of hydrogen-bond acceptors (Lipinski definition) is 7. The maximum absolute atomic E-state index is 12.6. The molecule has 0 aromatic carbocycles. The van der Waals surface area contributed by atoms with Gasteiger partial charge in [-0.3, -0.25) is 0 Å². The SMILES string of the molecule is CCCc1cc(C(=O)OCC2=C(C(=O)OCC)C(c3ccco3)NC(=O)N2)sc1C. The van der Waals surface area contributed by atoms with Crippen LogP contribution >= 0.6 is 11.3 Å². The Morgan fingerprint density at radius 1 is 1.23 bits per heavy atom. The normalized spacial score (nSPS) is 16.1. The highest BCUT2D eigenvalue weighted by Gasteiger charge is 2.35. The minimum atomic E-state index is -0.846. The van der Waals surface area contributed by atoms with Gasteiger partial charge in [-0.25, -0.2) is 14.4 Å². The van der Waals surface area contributed by atoms with Crippen LogP contribution in [0.2, 0.25) is 0 Å². The Labute approximate surface area is 178 Å². The first-order chi connectivity index (χ1) is 14.4. The van der Waals surface area contributed by atoms with Gasteiger partial charge in [-0.05, 0) is 44.0 Å². The predicted molar refractivity (Wildman–Crippen MR) is 110 cm³/mol. The van der Waals surface area contributed by atoms with Crippen molar-refractivity contribution in [3.05, 3.63) is 56.8 Å². The second-order valence-corrected chi connectivity index (χ2v) is 7.93. The van der Waals surface area contributed by atoms with Gasteiger partial charge in [0.25, 0.3) is 0 Å². The van der Waals surface area contributed by atoms with Crippen LogP contribution in [0.3, 0.4) is 0 Å². The lowest BCUT2D eigenvalue weighted by molar-refractivity contribution is -0.139. The first kappa shape index (κ1) is 21.6. The first-order valence-corrected chi connectivity index (χ1v) is 10.5. The molecule has 0 bridgehead atoms. The van der Waals surface area contributed by atoms with Crippen molar-refractivity contribution < 1.29 is 28.3 Å². The molecule has 2 aromatic heterocycles. The monoisotopic (exact) mass is 432 g/mol. The molecule has 30 heavy (non-hydrogen) atoms. The molecule has 0 aliphatic carbocycles. The van der Waals surface area contributed by atoms with E-state index in [2.05, 4.69) is 17.6 Å². The van der Waals surface area contributed by atoms with Crippen molar-refractivity contribution in [3.8, 4) is 0 Å². The third-order valence-electron chi connectivity index (χ3n) is 4.57. The highest BCUT2D eigenvalue weighted by atomic mass is 32.1. The van der Waals surface area contributed by atoms with E-state index < -0.39 is 24.0 Å². The van der Waals surface area contributed by atoms with E-state index in [0.29, 0.717) is 10.6 Å². The van der Waals surface area contributed by atoms with Crippen molar-refractivity contribution in [3.63, 3.8) is 0 Å². The van der Waals surface area contributed by atoms with Gasteiger partial charge in [0.05, 0.1) is 24.1 Å². The molecule has 0 radical (unpaired) electrons. The Morgan fingerprint density at radius 2 is 2.03 bits per heavy atom. The number of nitrogens with one attached hydrogen (secondary N) is 2. The number of rotatable bonds is 8. The molecule has 0 spiro atoms. The third-order valence-corrected chi connectivity index (χ3v) is 5.64. The molecule has 160 valence electrons. The van der Waals surface area contributed by atoms with Crippen LogP contribution in [0.4, 0.5) is 4.79 Å². The lowest BCUT2D eigenvalue weighted by Gasteiger charge is -2.27. The predicted octanol–water partition coefficient (Wildman–Crippen LogP) is 3.63. The van der Waals surface area contributed by atoms with Gasteiger partial charge in [-0.2, -0.15) is 0 Å². The van der Waals surface area contributed by atoms with Crippen molar-refractivity contribution in [2.45, 2.75) is 39.7 Å². The van der Waals surface area contributed by atoms with Crippen LogP contribution in [-0.2, 0) is 20.7 Å². The average molecular weight is 432 g/mol. The summed E-state index contributed by atoms with van der Waals surface area (Å²) in [4.78, 5) is 38.9. The van der Waals surface area contributed by atoms with Gasteiger partial charge < -0.3 is 24.5 Å². The summed E-state index contributed by atoms with van der Waals surface area (Å²) in [7, 11) is 0. The molecule has 2 aromatic rings. The molecule has 1 atom stereocenters. The molecule has 1 aliphatic rings. The van der Waals surface area contributed by atoms with E-state index in [-0.39, 0.29) is 24.5 Å². The largest absolute Gasteiger partial charge is 0.467 e. The Hall–Kier alpha value is -3.07. The van der Waals surface area contributed by atoms with E-state index in [1.54, 1.807) is 19.1 Å². The third kappa shape index (κ3) is 4.73. The standard InChI is InChI=1S/C21H24N2O6S/c1-4-7-13-10-16(30-12(13)3)19(24)29-11-14-17(20(25)27-5-2)18(23-21(26)22-14)15-8-6-9-28-15/h6,8-10,18H,4-5,7,11H2,1-3H3,(H2,22,23,26). The number of thiophene rings is 1. The number of carbonyl (C=O) groups excluding carboxylic acids is 3. The van der Waals surface area contributed by atoms with Crippen LogP contribution in [0.5, 0.6) is 0 Å². The van der Waals surface area contributed by atoms with Crippen LogP contribution in [-0.4, -0.2) is 31.2 Å². The molecule has 2 N–H and O–H groups in total. The smallest absolute Gasteiger partial charge is 0.348 e. The zero-order valence-corrected chi connectivity index (χ0v) is 17.9. The number of esters is 2. The Balaban J connectivity index is 1.85. The van der Waals surface area contributed by atoms with Crippen LogP contribution in [0.1, 0.15) is 52.2 Å². The van der Waals surface area contributed by atoms with Crippen LogP contribution in [0.15, 0.2) is 40.1 Å². The molecule has 3 rings (SSSR count). The summed E-state index contributed by atoms with van der Waals surface area (Å²) in [5, 5.41) is 5.20. The van der Waals surface area contributed by atoms with E-state index in [1.807, 2.05) is 13.0 Å². The van der Waals surface area contributed by atoms with Crippen molar-refractivity contribution in [1.82, 2.24) is 10.6 Å². The quantitative estimate of drug-likeness (QED) is 0.617. The van der Waals surface area contributed by atoms with Crippen LogP contribution in [0, 0.1) is 6.92 Å². The molecule has 3 heterocycles. The maximum Gasteiger partial charge on any atom is 0.348 e. The van der Waals surface area contributed by atoms with Crippen molar-refractivity contribution in [2.24, 2.45) is 0 Å². The molecule has 1 unspecified atom stereocenters. The van der Waals surface area contributed by atoms with Crippen LogP contribution in [0.25, 0.3) is 0 Å². The van der Waals surface area contributed by atoms with E-state index in [9.17, 15) is 14.4 Å². The van der Waals surface area contributed by atoms with Crippen molar-refractivity contribution in [2.75, 3.05) is 13.2 Å². The molecular formula is C21H24N2O6S. The second kappa shape index (κ2) is 9.62. The lowest BCUT2D eigenvalue weighted by atomic mass is 10.0. The maximum atomic E-state index is 12.6. The molecule has 0 saturated heterocycles. The minimum Gasteiger partial charge on any atom is -0.467 e. The van der Waals surface area contributed by atoms with Crippen molar-refractivity contribution in [1.29, 1.82) is 0 Å². The van der Waals surface area contributed by atoms with Crippen molar-refractivity contribution >= 4 is 29.3 Å². The Morgan fingerprint density at radius 3 is 2.70 bits per heavy atom. The summed E-state index contributed by atoms with van der Waals surface area (Å²) in [6, 6.07) is 3.75. The average Bonchev–Trinajstić information content (AvgIpc) is 3.36. The zero-order valence-electron chi connectivity index (χ0n) is 17.1. The molecule has 2 amide bonds. The first-order valence-electron chi connectivity index (χ1n) is 9.72. The highest BCUT2D eigenvalue weighted by Crippen LogP contribution is 2.29. The molecular weight excluding hydrogens is 408 g/mol. The molecule has 8 nitrogen and oxygen atoms in total. The number of urea groups is 1. The summed E-state index contributed by atoms with van der Waals surface area (Å²) in [6.45, 7) is 5.60. The van der Waals surface area contributed by atoms with Gasteiger partial charge in [-0.15, -0.1) is 11.3 Å². The summed E-state index contributed by atoms with van der Waals surface area (Å²) in [6.07, 6.45) is 3.31. The fourth-order valence-electron chi connectivity index (χ4n) is 3.20. The Kier molecular flexibility index (Phi) is 6.94.